The molecule has 1 N–H and O–H groups in total. The first-order valence-electron chi connectivity index (χ1n) is 8.00. The molecule has 128 valence electrons. The van der Waals surface area contributed by atoms with E-state index in [9.17, 15) is 9.59 Å². The molecule has 1 aliphatic rings. The molecule has 7 heteroatoms. The van der Waals surface area contributed by atoms with Crippen molar-refractivity contribution in [1.29, 1.82) is 0 Å². The zero-order chi connectivity index (χ0) is 17.1. The minimum absolute atomic E-state index is 0.0325. The third-order valence-electron chi connectivity index (χ3n) is 4.21. The molecule has 1 fully saturated rings. The number of H-pyrrole nitrogens is 1. The minimum Gasteiger partial charge on any atom is -0.497 e. The third kappa shape index (κ3) is 3.02. The summed E-state index contributed by atoms with van der Waals surface area (Å²) in [5, 5.41) is 0.869. The maximum Gasteiger partial charge on any atom is 0.409 e. The van der Waals surface area contributed by atoms with Crippen LogP contribution < -0.4 is 4.74 Å². The Morgan fingerprint density at radius 1 is 1.17 bits per heavy atom. The average molecular weight is 331 g/mol. The SMILES string of the molecule is CCOC(=O)N1CCN(C(=O)c2c[nH]c3cc(OC)ccc23)CC1. The summed E-state index contributed by atoms with van der Waals surface area (Å²) in [5.74, 6) is 0.710. The molecule has 1 aromatic carbocycles. The number of ether oxygens (including phenoxy) is 2. The predicted octanol–water partition coefficient (Wildman–Crippen LogP) is 2.09. The highest BCUT2D eigenvalue weighted by Gasteiger charge is 2.26. The topological polar surface area (TPSA) is 74.9 Å². The van der Waals surface area contributed by atoms with Crippen LogP contribution in [0.3, 0.4) is 0 Å². The van der Waals surface area contributed by atoms with E-state index in [2.05, 4.69) is 4.98 Å². The number of nitrogens with zero attached hydrogens (tertiary/aromatic N) is 2. The molecule has 0 radical (unpaired) electrons. The van der Waals surface area contributed by atoms with Crippen molar-refractivity contribution in [2.75, 3.05) is 39.9 Å². The molecule has 0 aliphatic carbocycles. The number of fused-ring (bicyclic) bond motifs is 1. The van der Waals surface area contributed by atoms with Crippen LogP contribution in [0.5, 0.6) is 5.75 Å². The summed E-state index contributed by atoms with van der Waals surface area (Å²) in [7, 11) is 1.61. The van der Waals surface area contributed by atoms with Crippen LogP contribution >= 0.6 is 0 Å². The van der Waals surface area contributed by atoms with Crippen LogP contribution in [-0.4, -0.2) is 66.7 Å². The lowest BCUT2D eigenvalue weighted by molar-refractivity contribution is 0.0572. The molecule has 2 aromatic rings. The van der Waals surface area contributed by atoms with E-state index in [1.54, 1.807) is 30.0 Å². The fourth-order valence-electron chi connectivity index (χ4n) is 2.89. The Morgan fingerprint density at radius 2 is 1.88 bits per heavy atom. The van der Waals surface area contributed by atoms with Gasteiger partial charge in [0.05, 0.1) is 19.3 Å². The third-order valence-corrected chi connectivity index (χ3v) is 4.21. The van der Waals surface area contributed by atoms with Gasteiger partial charge in [-0.25, -0.2) is 4.79 Å². The van der Waals surface area contributed by atoms with Gasteiger partial charge in [-0.2, -0.15) is 0 Å². The van der Waals surface area contributed by atoms with Crippen molar-refractivity contribution in [3.8, 4) is 5.75 Å². The quantitative estimate of drug-likeness (QED) is 0.934. The molecule has 2 amide bonds. The van der Waals surface area contributed by atoms with Gasteiger partial charge in [0.1, 0.15) is 5.75 Å². The first kappa shape index (κ1) is 16.2. The minimum atomic E-state index is -0.316. The van der Waals surface area contributed by atoms with Crippen LogP contribution in [0.1, 0.15) is 17.3 Å². The zero-order valence-corrected chi connectivity index (χ0v) is 13.9. The lowest BCUT2D eigenvalue weighted by Crippen LogP contribution is -2.50. The molecule has 1 aliphatic heterocycles. The fourth-order valence-corrected chi connectivity index (χ4v) is 2.89. The molecule has 0 unspecified atom stereocenters. The smallest absolute Gasteiger partial charge is 0.409 e. The fraction of sp³-hybridized carbons (Fsp3) is 0.412. The number of aromatic nitrogens is 1. The van der Waals surface area contributed by atoms with E-state index in [1.807, 2.05) is 18.2 Å². The van der Waals surface area contributed by atoms with E-state index in [0.29, 0.717) is 38.3 Å². The van der Waals surface area contributed by atoms with Crippen LogP contribution in [-0.2, 0) is 4.74 Å². The zero-order valence-electron chi connectivity index (χ0n) is 13.9. The number of carbonyl (C=O) groups excluding carboxylic acids is 2. The Morgan fingerprint density at radius 3 is 2.54 bits per heavy atom. The van der Waals surface area contributed by atoms with Gasteiger partial charge in [0.25, 0.3) is 5.91 Å². The lowest BCUT2D eigenvalue weighted by atomic mass is 10.1. The largest absolute Gasteiger partial charge is 0.497 e. The van der Waals surface area contributed by atoms with E-state index in [4.69, 9.17) is 9.47 Å². The van der Waals surface area contributed by atoms with Crippen molar-refractivity contribution in [3.05, 3.63) is 30.0 Å². The lowest BCUT2D eigenvalue weighted by Gasteiger charge is -2.34. The molecule has 3 rings (SSSR count). The monoisotopic (exact) mass is 331 g/mol. The number of benzene rings is 1. The summed E-state index contributed by atoms with van der Waals surface area (Å²) in [6.07, 6.45) is 1.41. The second-order valence-electron chi connectivity index (χ2n) is 5.59. The van der Waals surface area contributed by atoms with E-state index >= 15 is 0 Å². The highest BCUT2D eigenvalue weighted by atomic mass is 16.6. The summed E-state index contributed by atoms with van der Waals surface area (Å²) in [6, 6.07) is 5.59. The number of hydrogen-bond donors (Lipinski definition) is 1. The summed E-state index contributed by atoms with van der Waals surface area (Å²) in [5.41, 5.74) is 1.50. The van der Waals surface area contributed by atoms with E-state index in [0.717, 1.165) is 16.7 Å². The molecule has 0 spiro atoms. The van der Waals surface area contributed by atoms with Crippen molar-refractivity contribution in [3.63, 3.8) is 0 Å². The first-order chi connectivity index (χ1) is 11.6. The molecule has 1 saturated heterocycles. The predicted molar refractivity (Wildman–Crippen MR) is 89.3 cm³/mol. The van der Waals surface area contributed by atoms with Gasteiger partial charge in [-0.15, -0.1) is 0 Å². The molecule has 0 atom stereocenters. The van der Waals surface area contributed by atoms with Crippen molar-refractivity contribution < 1.29 is 19.1 Å². The highest BCUT2D eigenvalue weighted by Crippen LogP contribution is 2.24. The van der Waals surface area contributed by atoms with Gasteiger partial charge in [0.15, 0.2) is 0 Å². The van der Waals surface area contributed by atoms with Crippen LogP contribution in [0.15, 0.2) is 24.4 Å². The van der Waals surface area contributed by atoms with Crippen molar-refractivity contribution in [2.45, 2.75) is 6.92 Å². The number of hydrogen-bond acceptors (Lipinski definition) is 4. The van der Waals surface area contributed by atoms with E-state index < -0.39 is 0 Å². The van der Waals surface area contributed by atoms with Crippen LogP contribution in [0.4, 0.5) is 4.79 Å². The Labute approximate surface area is 140 Å². The van der Waals surface area contributed by atoms with Gasteiger partial charge in [-0.3, -0.25) is 4.79 Å². The van der Waals surface area contributed by atoms with E-state index in [1.165, 1.54) is 0 Å². The van der Waals surface area contributed by atoms with Crippen LogP contribution in [0.25, 0.3) is 10.9 Å². The summed E-state index contributed by atoms with van der Waals surface area (Å²) in [4.78, 5) is 31.0. The van der Waals surface area contributed by atoms with Crippen LogP contribution in [0, 0.1) is 0 Å². The van der Waals surface area contributed by atoms with E-state index in [-0.39, 0.29) is 12.0 Å². The molecule has 0 saturated carbocycles. The highest BCUT2D eigenvalue weighted by molar-refractivity contribution is 6.07. The number of carbonyl (C=O) groups is 2. The van der Waals surface area contributed by atoms with Crippen molar-refractivity contribution >= 4 is 22.9 Å². The van der Waals surface area contributed by atoms with Gasteiger partial charge in [0.2, 0.25) is 0 Å². The van der Waals surface area contributed by atoms with Gasteiger partial charge in [-0.1, -0.05) is 0 Å². The summed E-state index contributed by atoms with van der Waals surface area (Å²) < 4.78 is 10.2. The number of piperazine rings is 1. The second-order valence-corrected chi connectivity index (χ2v) is 5.59. The van der Waals surface area contributed by atoms with Gasteiger partial charge < -0.3 is 24.3 Å². The standard InChI is InChI=1S/C17H21N3O4/c1-3-24-17(22)20-8-6-19(7-9-20)16(21)14-11-18-15-10-12(23-2)4-5-13(14)15/h4-5,10-11,18H,3,6-9H2,1-2H3. The molecular weight excluding hydrogens is 310 g/mol. The van der Waals surface area contributed by atoms with Crippen molar-refractivity contribution in [1.82, 2.24) is 14.8 Å². The molecule has 0 bridgehead atoms. The molecular formula is C17H21N3O4. The number of methoxy groups -OCH3 is 1. The summed E-state index contributed by atoms with van der Waals surface area (Å²) in [6.45, 7) is 4.11. The first-order valence-corrected chi connectivity index (χ1v) is 8.00. The Bertz CT molecular complexity index is 747. The maximum absolute atomic E-state index is 12.8. The Kier molecular flexibility index (Phi) is 4.59. The Hall–Kier alpha value is -2.70. The number of nitrogens with one attached hydrogen (secondary N) is 1. The maximum atomic E-state index is 12.8. The molecule has 1 aromatic heterocycles. The van der Waals surface area contributed by atoms with Crippen molar-refractivity contribution in [2.24, 2.45) is 0 Å². The van der Waals surface area contributed by atoms with Crippen LogP contribution in [0.2, 0.25) is 0 Å². The average Bonchev–Trinajstić information content (AvgIpc) is 3.04. The summed E-state index contributed by atoms with van der Waals surface area (Å²) >= 11 is 0. The number of aromatic amines is 1. The molecule has 7 nitrogen and oxygen atoms in total. The second kappa shape index (κ2) is 6.82. The Balaban J connectivity index is 1.71. The normalized spacial score (nSPS) is 14.8. The number of amides is 2. The van der Waals surface area contributed by atoms with Gasteiger partial charge in [0, 0.05) is 49.3 Å². The van der Waals surface area contributed by atoms with Gasteiger partial charge in [-0.05, 0) is 19.1 Å². The number of rotatable bonds is 3. The molecule has 2 heterocycles. The molecule has 24 heavy (non-hydrogen) atoms. The van der Waals surface area contributed by atoms with Gasteiger partial charge >= 0.3 is 6.09 Å².